The van der Waals surface area contributed by atoms with Crippen molar-refractivity contribution in [1.82, 2.24) is 9.21 Å². The van der Waals surface area contributed by atoms with Gasteiger partial charge in [0.15, 0.2) is 0 Å². The smallest absolute Gasteiger partial charge is 0.225 e. The molecule has 0 bridgehead atoms. The Kier molecular flexibility index (Phi) is 4.75. The van der Waals surface area contributed by atoms with Gasteiger partial charge >= 0.3 is 0 Å². The van der Waals surface area contributed by atoms with Crippen LogP contribution in [0.5, 0.6) is 0 Å². The molecule has 1 aliphatic carbocycles. The third-order valence-corrected chi connectivity index (χ3v) is 7.11. The molecule has 2 saturated heterocycles. The number of rotatable bonds is 4. The van der Waals surface area contributed by atoms with Gasteiger partial charge in [0.2, 0.25) is 15.9 Å². The lowest BCUT2D eigenvalue weighted by molar-refractivity contribution is -0.134. The molecule has 0 aromatic rings. The molecule has 22 heavy (non-hydrogen) atoms. The largest absolute Gasteiger partial charge is 0.379 e. The normalized spacial score (nSPS) is 33.7. The number of ether oxygens (including phenoxy) is 1. The average Bonchev–Trinajstić information content (AvgIpc) is 3.24. The zero-order valence-electron chi connectivity index (χ0n) is 13.2. The van der Waals surface area contributed by atoms with Crippen LogP contribution in [-0.4, -0.2) is 68.7 Å². The van der Waals surface area contributed by atoms with Gasteiger partial charge in [-0.2, -0.15) is 4.31 Å². The highest BCUT2D eigenvalue weighted by Crippen LogP contribution is 2.39. The molecule has 7 heteroatoms. The maximum Gasteiger partial charge on any atom is 0.225 e. The van der Waals surface area contributed by atoms with Gasteiger partial charge in [-0.3, -0.25) is 4.79 Å². The minimum absolute atomic E-state index is 0.0691. The first-order chi connectivity index (χ1) is 10.5. The zero-order valence-corrected chi connectivity index (χ0v) is 14.1. The molecule has 0 radical (unpaired) electrons. The van der Waals surface area contributed by atoms with Crippen LogP contribution in [0, 0.1) is 17.8 Å². The van der Waals surface area contributed by atoms with Gasteiger partial charge in [0, 0.05) is 32.1 Å². The number of sulfonamides is 1. The number of carbonyl (C=O) groups is 1. The van der Waals surface area contributed by atoms with Crippen molar-refractivity contribution in [1.29, 1.82) is 0 Å². The number of amides is 1. The predicted molar refractivity (Wildman–Crippen MR) is 82.8 cm³/mol. The lowest BCUT2D eigenvalue weighted by Crippen LogP contribution is -2.46. The van der Waals surface area contributed by atoms with Gasteiger partial charge in [-0.15, -0.1) is 0 Å². The summed E-state index contributed by atoms with van der Waals surface area (Å²) in [4.78, 5) is 14.2. The van der Waals surface area contributed by atoms with Gasteiger partial charge in [0.05, 0.1) is 19.0 Å². The summed E-state index contributed by atoms with van der Waals surface area (Å²) in [7, 11) is -3.23. The summed E-state index contributed by atoms with van der Waals surface area (Å²) in [5.41, 5.74) is 0. The van der Waals surface area contributed by atoms with E-state index in [1.54, 1.807) is 4.31 Å². The Morgan fingerprint density at radius 1 is 1.23 bits per heavy atom. The van der Waals surface area contributed by atoms with Gasteiger partial charge in [-0.1, -0.05) is 6.92 Å². The molecular formula is C15H26N2O4S. The molecule has 6 nitrogen and oxygen atoms in total. The summed E-state index contributed by atoms with van der Waals surface area (Å²) in [6, 6.07) is 0. The first-order valence-corrected chi connectivity index (χ1v) is 9.92. The second-order valence-corrected chi connectivity index (χ2v) is 8.92. The van der Waals surface area contributed by atoms with Gasteiger partial charge in [-0.25, -0.2) is 8.42 Å². The van der Waals surface area contributed by atoms with Crippen LogP contribution in [0.4, 0.5) is 0 Å². The molecule has 3 aliphatic rings. The Morgan fingerprint density at radius 2 is 1.91 bits per heavy atom. The Balaban J connectivity index is 1.56. The van der Waals surface area contributed by atoms with E-state index in [1.165, 1.54) is 0 Å². The average molecular weight is 330 g/mol. The Labute approximate surface area is 132 Å². The summed E-state index contributed by atoms with van der Waals surface area (Å²) >= 11 is 0. The molecule has 2 heterocycles. The first-order valence-electron chi connectivity index (χ1n) is 8.32. The third kappa shape index (κ3) is 3.63. The van der Waals surface area contributed by atoms with Gasteiger partial charge < -0.3 is 9.64 Å². The Morgan fingerprint density at radius 3 is 2.55 bits per heavy atom. The van der Waals surface area contributed by atoms with Crippen LogP contribution in [0.1, 0.15) is 26.2 Å². The molecule has 3 rings (SSSR count). The summed E-state index contributed by atoms with van der Waals surface area (Å²) in [5.74, 6) is 1.16. The van der Waals surface area contributed by atoms with E-state index in [-0.39, 0.29) is 23.5 Å². The van der Waals surface area contributed by atoms with Crippen LogP contribution in [0.15, 0.2) is 0 Å². The fourth-order valence-electron chi connectivity index (χ4n) is 3.53. The fraction of sp³-hybridized carbons (Fsp3) is 0.933. The highest BCUT2D eigenvalue weighted by molar-refractivity contribution is 7.89. The third-order valence-electron chi connectivity index (χ3n) is 5.07. The van der Waals surface area contributed by atoms with E-state index in [4.69, 9.17) is 4.74 Å². The van der Waals surface area contributed by atoms with Crippen LogP contribution in [0.3, 0.4) is 0 Å². The van der Waals surface area contributed by atoms with Gasteiger partial charge in [0.25, 0.3) is 0 Å². The van der Waals surface area contributed by atoms with E-state index in [9.17, 15) is 13.2 Å². The number of piperidine rings is 1. The number of hydrogen-bond acceptors (Lipinski definition) is 4. The molecule has 3 atom stereocenters. The standard InChI is InChI=1S/C15H26N2O4S/c1-12-9-14(12)15(18)16-4-2-3-13(10-16)11-22(19,20)17-5-7-21-8-6-17/h12-14H,2-11H2,1H3/t12-,13+,14+/m1/s1. The molecular weight excluding hydrogens is 304 g/mol. The second kappa shape index (κ2) is 6.45. The van der Waals surface area contributed by atoms with Crippen LogP contribution >= 0.6 is 0 Å². The lowest BCUT2D eigenvalue weighted by atomic mass is 9.99. The number of hydrogen-bond donors (Lipinski definition) is 0. The van der Waals surface area contributed by atoms with E-state index in [0.717, 1.165) is 25.8 Å². The zero-order chi connectivity index (χ0) is 15.7. The number of carbonyl (C=O) groups excluding carboxylic acids is 1. The van der Waals surface area contributed by atoms with Crippen molar-refractivity contribution in [3.8, 4) is 0 Å². The summed E-state index contributed by atoms with van der Waals surface area (Å²) in [6.45, 7) is 5.37. The monoisotopic (exact) mass is 330 g/mol. The second-order valence-electron chi connectivity index (χ2n) is 6.90. The molecule has 1 amide bonds. The minimum Gasteiger partial charge on any atom is -0.379 e. The van der Waals surface area contributed by atoms with Crippen molar-refractivity contribution in [2.45, 2.75) is 26.2 Å². The molecule has 126 valence electrons. The molecule has 0 spiro atoms. The summed E-state index contributed by atoms with van der Waals surface area (Å²) < 4.78 is 31.8. The maximum absolute atomic E-state index is 12.5. The van der Waals surface area contributed by atoms with Gasteiger partial charge in [0.1, 0.15) is 0 Å². The molecule has 2 aliphatic heterocycles. The Hall–Kier alpha value is -0.660. The fourth-order valence-corrected chi connectivity index (χ4v) is 5.31. The van der Waals surface area contributed by atoms with E-state index in [2.05, 4.69) is 6.92 Å². The summed E-state index contributed by atoms with van der Waals surface area (Å²) in [6.07, 6.45) is 2.80. The number of morpholine rings is 1. The number of likely N-dealkylation sites (tertiary alicyclic amines) is 1. The van der Waals surface area contributed by atoms with Crippen LogP contribution < -0.4 is 0 Å². The minimum atomic E-state index is -3.23. The first kappa shape index (κ1) is 16.2. The van der Waals surface area contributed by atoms with Crippen LogP contribution in [0.2, 0.25) is 0 Å². The Bertz CT molecular complexity index is 516. The van der Waals surface area contributed by atoms with Crippen molar-refractivity contribution in [3.05, 3.63) is 0 Å². The van der Waals surface area contributed by atoms with E-state index in [1.807, 2.05) is 4.90 Å². The van der Waals surface area contributed by atoms with E-state index >= 15 is 0 Å². The van der Waals surface area contributed by atoms with Crippen molar-refractivity contribution < 1.29 is 17.9 Å². The summed E-state index contributed by atoms with van der Waals surface area (Å²) in [5, 5.41) is 0. The molecule has 0 N–H and O–H groups in total. The molecule has 1 saturated carbocycles. The van der Waals surface area contributed by atoms with E-state index < -0.39 is 10.0 Å². The molecule has 3 fully saturated rings. The lowest BCUT2D eigenvalue weighted by Gasteiger charge is -2.34. The highest BCUT2D eigenvalue weighted by Gasteiger charge is 2.42. The van der Waals surface area contributed by atoms with Crippen molar-refractivity contribution in [2.24, 2.45) is 17.8 Å². The van der Waals surface area contributed by atoms with Gasteiger partial charge in [-0.05, 0) is 31.1 Å². The highest BCUT2D eigenvalue weighted by atomic mass is 32.2. The van der Waals surface area contributed by atoms with Crippen LogP contribution in [-0.2, 0) is 19.6 Å². The van der Waals surface area contributed by atoms with Crippen molar-refractivity contribution in [3.63, 3.8) is 0 Å². The molecule has 0 unspecified atom stereocenters. The quantitative estimate of drug-likeness (QED) is 0.755. The predicted octanol–water partition coefficient (Wildman–Crippen LogP) is 0.543. The van der Waals surface area contributed by atoms with Crippen molar-refractivity contribution in [2.75, 3.05) is 45.1 Å². The maximum atomic E-state index is 12.5. The number of nitrogens with zero attached hydrogens (tertiary/aromatic N) is 2. The molecule has 0 aromatic heterocycles. The van der Waals surface area contributed by atoms with Crippen LogP contribution in [0.25, 0.3) is 0 Å². The van der Waals surface area contributed by atoms with E-state index in [0.29, 0.717) is 38.8 Å². The SMILES string of the molecule is C[C@@H]1C[C@@H]1C(=O)N1CCC[C@H](CS(=O)(=O)N2CCOCC2)C1. The molecule has 0 aromatic carbocycles. The van der Waals surface area contributed by atoms with Crippen molar-refractivity contribution >= 4 is 15.9 Å². The topological polar surface area (TPSA) is 66.9 Å².